The first-order chi connectivity index (χ1) is 12.4. The highest BCUT2D eigenvalue weighted by atomic mass is 35.5. The van der Waals surface area contributed by atoms with Crippen molar-refractivity contribution >= 4 is 45.9 Å². The van der Waals surface area contributed by atoms with E-state index in [4.69, 9.17) is 27.9 Å². The van der Waals surface area contributed by atoms with Crippen molar-refractivity contribution in [3.8, 4) is 11.5 Å². The molecule has 0 aliphatic rings. The number of nitro groups is 1. The number of nitrogens with one attached hydrogen (secondary N) is 1. The number of thiazole rings is 1. The molecule has 0 saturated heterocycles. The Labute approximate surface area is 163 Å². The molecule has 0 saturated carbocycles. The number of anilines is 1. The zero-order valence-electron chi connectivity index (χ0n) is 13.5. The topological polar surface area (TPSA) is 77.3 Å². The molecule has 9 heteroatoms. The Kier molecular flexibility index (Phi) is 5.61. The Hall–Kier alpha value is -2.35. The molecule has 3 rings (SSSR count). The van der Waals surface area contributed by atoms with E-state index in [0.717, 1.165) is 10.4 Å². The standard InChI is InChI=1S/C17H13Cl2N3O3S/c1-10-4-13(2-3-16(10)18)25-14-6-11(5-12(7-14)22(23)24)20-8-15-9-21-17(19)26-15/h2-7,9,20H,8H2,1H3. The second kappa shape index (κ2) is 7.90. The van der Waals surface area contributed by atoms with E-state index in [1.165, 1.54) is 23.5 Å². The summed E-state index contributed by atoms with van der Waals surface area (Å²) in [5.74, 6) is 0.901. The van der Waals surface area contributed by atoms with Crippen molar-refractivity contribution < 1.29 is 9.66 Å². The van der Waals surface area contributed by atoms with Crippen LogP contribution >= 0.6 is 34.5 Å². The molecule has 0 aliphatic carbocycles. The predicted octanol–water partition coefficient (Wildman–Crippen LogP) is 6.07. The van der Waals surface area contributed by atoms with Gasteiger partial charge in [0.25, 0.3) is 5.69 Å². The lowest BCUT2D eigenvalue weighted by molar-refractivity contribution is -0.384. The summed E-state index contributed by atoms with van der Waals surface area (Å²) in [6, 6.07) is 9.71. The SMILES string of the molecule is Cc1cc(Oc2cc(NCc3cnc(Cl)s3)cc([N+](=O)[O-])c2)ccc1Cl. The molecule has 1 heterocycles. The lowest BCUT2D eigenvalue weighted by Gasteiger charge is -2.10. The minimum absolute atomic E-state index is 0.0713. The van der Waals surface area contributed by atoms with Crippen LogP contribution in [0.1, 0.15) is 10.4 Å². The quantitative estimate of drug-likeness (QED) is 0.394. The number of aromatic nitrogens is 1. The monoisotopic (exact) mass is 409 g/mol. The highest BCUT2D eigenvalue weighted by Gasteiger charge is 2.12. The fraction of sp³-hybridized carbons (Fsp3) is 0.118. The number of rotatable bonds is 6. The maximum Gasteiger partial charge on any atom is 0.275 e. The van der Waals surface area contributed by atoms with Crippen molar-refractivity contribution in [1.82, 2.24) is 4.98 Å². The summed E-state index contributed by atoms with van der Waals surface area (Å²) in [5.41, 5.74) is 1.34. The second-order valence-electron chi connectivity index (χ2n) is 5.42. The number of halogens is 2. The fourth-order valence-electron chi connectivity index (χ4n) is 2.22. The fourth-order valence-corrected chi connectivity index (χ4v) is 3.26. The van der Waals surface area contributed by atoms with Crippen LogP contribution in [0.15, 0.2) is 42.6 Å². The maximum atomic E-state index is 11.2. The van der Waals surface area contributed by atoms with Gasteiger partial charge < -0.3 is 10.1 Å². The van der Waals surface area contributed by atoms with Crippen molar-refractivity contribution in [2.75, 3.05) is 5.32 Å². The van der Waals surface area contributed by atoms with Gasteiger partial charge in [-0.05, 0) is 30.7 Å². The van der Waals surface area contributed by atoms with Gasteiger partial charge in [-0.15, -0.1) is 11.3 Å². The third-order valence-electron chi connectivity index (χ3n) is 3.46. The van der Waals surface area contributed by atoms with Crippen molar-refractivity contribution in [2.45, 2.75) is 13.5 Å². The molecule has 0 bridgehead atoms. The van der Waals surface area contributed by atoms with Gasteiger partial charge >= 0.3 is 0 Å². The summed E-state index contributed by atoms with van der Waals surface area (Å²) in [5, 5.41) is 15.0. The molecule has 1 aromatic heterocycles. The predicted molar refractivity (Wildman–Crippen MR) is 104 cm³/mol. The molecule has 2 aromatic carbocycles. The van der Waals surface area contributed by atoms with Crippen molar-refractivity contribution in [3.05, 3.63) is 72.6 Å². The Bertz CT molecular complexity index is 962. The smallest absolute Gasteiger partial charge is 0.275 e. The van der Waals surface area contributed by atoms with Crippen LogP contribution in [0.2, 0.25) is 9.49 Å². The molecule has 6 nitrogen and oxygen atoms in total. The second-order valence-corrected chi connectivity index (χ2v) is 7.52. The van der Waals surface area contributed by atoms with E-state index >= 15 is 0 Å². The molecule has 0 atom stereocenters. The first kappa shape index (κ1) is 18.4. The number of nitrogens with zero attached hydrogens (tertiary/aromatic N) is 2. The first-order valence-electron chi connectivity index (χ1n) is 7.48. The minimum Gasteiger partial charge on any atom is -0.457 e. The highest BCUT2D eigenvalue weighted by Crippen LogP contribution is 2.31. The van der Waals surface area contributed by atoms with E-state index < -0.39 is 4.92 Å². The molecule has 26 heavy (non-hydrogen) atoms. The van der Waals surface area contributed by atoms with Gasteiger partial charge in [-0.1, -0.05) is 23.2 Å². The lowest BCUT2D eigenvalue weighted by atomic mass is 10.2. The number of nitro benzene ring substituents is 1. The minimum atomic E-state index is -0.464. The van der Waals surface area contributed by atoms with E-state index in [9.17, 15) is 10.1 Å². The maximum absolute atomic E-state index is 11.2. The molecular formula is C17H13Cl2N3O3S. The third-order valence-corrected chi connectivity index (χ3v) is 5.00. The number of non-ortho nitro benzene ring substituents is 1. The van der Waals surface area contributed by atoms with E-state index in [1.54, 1.807) is 30.5 Å². The van der Waals surface area contributed by atoms with Crippen LogP contribution in [0.5, 0.6) is 11.5 Å². The number of aryl methyl sites for hydroxylation is 1. The number of benzene rings is 2. The molecule has 0 radical (unpaired) electrons. The molecular weight excluding hydrogens is 397 g/mol. The van der Waals surface area contributed by atoms with Crippen LogP contribution in [0.4, 0.5) is 11.4 Å². The number of hydrogen-bond donors (Lipinski definition) is 1. The van der Waals surface area contributed by atoms with Crippen molar-refractivity contribution in [3.63, 3.8) is 0 Å². The first-order valence-corrected chi connectivity index (χ1v) is 9.05. The Morgan fingerprint density at radius 2 is 2.04 bits per heavy atom. The summed E-state index contributed by atoms with van der Waals surface area (Å²) < 4.78 is 6.22. The summed E-state index contributed by atoms with van der Waals surface area (Å²) in [6.45, 7) is 2.31. The van der Waals surface area contributed by atoms with Gasteiger partial charge in [0, 0.05) is 33.9 Å². The average Bonchev–Trinajstić information content (AvgIpc) is 3.01. The molecule has 0 aliphatic heterocycles. The Balaban J connectivity index is 1.83. The van der Waals surface area contributed by atoms with Gasteiger partial charge in [0.1, 0.15) is 11.5 Å². The van der Waals surface area contributed by atoms with Crippen molar-refractivity contribution in [2.24, 2.45) is 0 Å². The highest BCUT2D eigenvalue weighted by molar-refractivity contribution is 7.15. The van der Waals surface area contributed by atoms with E-state index in [2.05, 4.69) is 10.3 Å². The van der Waals surface area contributed by atoms with Gasteiger partial charge in [-0.25, -0.2) is 4.98 Å². The molecule has 0 fully saturated rings. The van der Waals surface area contributed by atoms with E-state index in [0.29, 0.717) is 33.2 Å². The Morgan fingerprint density at radius 3 is 2.69 bits per heavy atom. The van der Waals surface area contributed by atoms with Crippen LogP contribution in [0.25, 0.3) is 0 Å². The Morgan fingerprint density at radius 1 is 1.23 bits per heavy atom. The van der Waals surface area contributed by atoms with Gasteiger partial charge in [0.05, 0.1) is 17.5 Å². The van der Waals surface area contributed by atoms with Gasteiger partial charge in [-0.2, -0.15) is 0 Å². The normalized spacial score (nSPS) is 10.6. The largest absolute Gasteiger partial charge is 0.457 e. The van der Waals surface area contributed by atoms with E-state index in [1.807, 2.05) is 6.92 Å². The summed E-state index contributed by atoms with van der Waals surface area (Å²) in [7, 11) is 0. The van der Waals surface area contributed by atoms with Crippen LogP contribution in [0.3, 0.4) is 0 Å². The zero-order valence-corrected chi connectivity index (χ0v) is 15.9. The number of hydrogen-bond acceptors (Lipinski definition) is 6. The number of ether oxygens (including phenoxy) is 1. The lowest BCUT2D eigenvalue weighted by Crippen LogP contribution is -1.99. The van der Waals surface area contributed by atoms with Gasteiger partial charge in [0.15, 0.2) is 4.47 Å². The summed E-state index contributed by atoms with van der Waals surface area (Å²) >= 11 is 13.2. The molecule has 0 unspecified atom stereocenters. The van der Waals surface area contributed by atoms with Crippen LogP contribution < -0.4 is 10.1 Å². The average molecular weight is 410 g/mol. The molecule has 0 amide bonds. The summed E-state index contributed by atoms with van der Waals surface area (Å²) in [4.78, 5) is 15.6. The molecule has 3 aromatic rings. The third kappa shape index (κ3) is 4.63. The van der Waals surface area contributed by atoms with Gasteiger partial charge in [-0.3, -0.25) is 10.1 Å². The van der Waals surface area contributed by atoms with E-state index in [-0.39, 0.29) is 5.69 Å². The van der Waals surface area contributed by atoms with Crippen molar-refractivity contribution in [1.29, 1.82) is 0 Å². The molecule has 1 N–H and O–H groups in total. The van der Waals surface area contributed by atoms with Gasteiger partial charge in [0.2, 0.25) is 0 Å². The summed E-state index contributed by atoms with van der Waals surface area (Å²) in [6.07, 6.45) is 1.66. The molecule has 0 spiro atoms. The van der Waals surface area contributed by atoms with Crippen LogP contribution in [0, 0.1) is 17.0 Å². The molecule has 134 valence electrons. The van der Waals surface area contributed by atoms with Crippen LogP contribution in [-0.4, -0.2) is 9.91 Å². The van der Waals surface area contributed by atoms with Crippen LogP contribution in [-0.2, 0) is 6.54 Å². The zero-order chi connectivity index (χ0) is 18.7.